The van der Waals surface area contributed by atoms with Crippen molar-refractivity contribution in [1.29, 1.82) is 0 Å². The molecule has 10 N–H and O–H groups in total. The number of alkyl halides is 3. The monoisotopic (exact) mass is 949 g/mol. The number of ether oxygens (including phenoxy) is 3. The molecule has 5 heterocycles. The summed E-state index contributed by atoms with van der Waals surface area (Å²) in [4.78, 5) is 84.4. The Morgan fingerprint density at radius 1 is 0.953 bits per heavy atom. The third-order valence-electron chi connectivity index (χ3n) is 9.64. The summed E-state index contributed by atoms with van der Waals surface area (Å²) in [5.41, 5.74) is 9.61. The van der Waals surface area contributed by atoms with Gasteiger partial charge in [-0.2, -0.15) is 18.2 Å². The fourth-order valence-electron chi connectivity index (χ4n) is 6.62. The SMILES string of the molecule is C=CCCC(=O)N[C@@H](Cc1ccc(C(F)(F)F)cc1)C(=O)O[C@H]1[C@@H](O)[C@H](n2cnc3c(N)ncnc32)O[C@@H]1COP(=O)(O)O[C@H]1[C@@H](O)[C@H](n2ccc(N)nc2=O)O[C@@H]1COP(=O)(O)O. The Labute approximate surface area is 357 Å². The highest BCUT2D eigenvalue weighted by molar-refractivity contribution is 7.47. The van der Waals surface area contributed by atoms with Gasteiger partial charge in [0.25, 0.3) is 0 Å². The van der Waals surface area contributed by atoms with Crippen LogP contribution in [0.5, 0.6) is 0 Å². The summed E-state index contributed by atoms with van der Waals surface area (Å²) in [5.74, 6) is -2.22. The Balaban J connectivity index is 1.26. The van der Waals surface area contributed by atoms with Gasteiger partial charge in [0.05, 0.1) is 25.1 Å². The molecule has 2 aliphatic heterocycles. The summed E-state index contributed by atoms with van der Waals surface area (Å²) in [5, 5.41) is 25.3. The van der Waals surface area contributed by atoms with Gasteiger partial charge in [-0.25, -0.2) is 33.7 Å². The van der Waals surface area contributed by atoms with E-state index in [0.29, 0.717) is 4.57 Å². The van der Waals surface area contributed by atoms with Gasteiger partial charge in [-0.1, -0.05) is 18.2 Å². The number of hydrogen-bond donors (Lipinski definition) is 8. The van der Waals surface area contributed by atoms with E-state index in [9.17, 15) is 61.6 Å². The fraction of sp³-hybridized carbons (Fsp3) is 0.441. The Kier molecular flexibility index (Phi) is 14.7. The smallest absolute Gasteiger partial charge is 0.455 e. The van der Waals surface area contributed by atoms with Gasteiger partial charge in [-0.05, 0) is 30.2 Å². The summed E-state index contributed by atoms with van der Waals surface area (Å²) in [6.45, 7) is 1.39. The lowest BCUT2D eigenvalue weighted by Gasteiger charge is -2.26. The van der Waals surface area contributed by atoms with Crippen molar-refractivity contribution in [3.05, 3.63) is 83.4 Å². The molecule has 2 fully saturated rings. The minimum absolute atomic E-state index is 0.0118. The van der Waals surface area contributed by atoms with Crippen LogP contribution in [0.2, 0.25) is 0 Å². The number of esters is 1. The van der Waals surface area contributed by atoms with Gasteiger partial charge < -0.3 is 55.9 Å². The average molecular weight is 950 g/mol. The van der Waals surface area contributed by atoms with Crippen LogP contribution in [0.4, 0.5) is 24.8 Å². The van der Waals surface area contributed by atoms with E-state index < -0.39 is 120 Å². The number of amides is 1. The van der Waals surface area contributed by atoms with E-state index in [1.165, 1.54) is 6.08 Å². The number of aliphatic hydroxyl groups excluding tert-OH is 2. The zero-order valence-corrected chi connectivity index (χ0v) is 34.5. The second-order valence-corrected chi connectivity index (χ2v) is 16.8. The van der Waals surface area contributed by atoms with E-state index in [1.54, 1.807) is 0 Å². The van der Waals surface area contributed by atoms with Crippen molar-refractivity contribution in [3.8, 4) is 0 Å². The van der Waals surface area contributed by atoms with Crippen LogP contribution in [0.1, 0.15) is 36.4 Å². The molecule has 0 spiro atoms. The number of carbonyl (C=O) groups is 2. The average Bonchev–Trinajstić information content (AvgIpc) is 3.88. The molecule has 1 unspecified atom stereocenters. The normalized spacial score (nSPS) is 25.2. The van der Waals surface area contributed by atoms with Gasteiger partial charge in [0.1, 0.15) is 54.2 Å². The zero-order chi connectivity index (χ0) is 46.7. The highest BCUT2D eigenvalue weighted by atomic mass is 31.2. The van der Waals surface area contributed by atoms with Crippen molar-refractivity contribution >= 4 is 50.3 Å². The van der Waals surface area contributed by atoms with Crippen LogP contribution in [0.3, 0.4) is 0 Å². The first-order valence-corrected chi connectivity index (χ1v) is 21.6. The topological polar surface area (TPSA) is 367 Å². The molecule has 64 heavy (non-hydrogen) atoms. The molecule has 10 atom stereocenters. The van der Waals surface area contributed by atoms with Gasteiger partial charge in [-0.15, -0.1) is 6.58 Å². The number of aromatic nitrogens is 6. The zero-order valence-electron chi connectivity index (χ0n) is 32.7. The number of allylic oxidation sites excluding steroid dienone is 1. The Morgan fingerprint density at radius 3 is 2.23 bits per heavy atom. The summed E-state index contributed by atoms with van der Waals surface area (Å²) in [6, 6.07) is 3.24. The molecule has 1 aromatic carbocycles. The lowest BCUT2D eigenvalue weighted by Crippen LogP contribution is -2.47. The molecule has 2 aliphatic rings. The second-order valence-electron chi connectivity index (χ2n) is 14.1. The number of phosphoric acid groups is 2. The van der Waals surface area contributed by atoms with Crippen molar-refractivity contribution in [3.63, 3.8) is 0 Å². The Hall–Kier alpha value is -5.22. The van der Waals surface area contributed by atoms with Gasteiger partial charge in [0.15, 0.2) is 30.0 Å². The van der Waals surface area contributed by atoms with E-state index in [-0.39, 0.29) is 41.2 Å². The standard InChI is InChI=1S/C34H40F3N9O16P2/c1-2-3-4-22(47)43-18(11-16-5-7-17(8-6-16)34(35,36)37)32(50)61-26-19(59-31(24(26)48)46-15-42-23-28(39)40-14-41-29(23)46)13-58-64(55,56)62-27-20(12-57-63(52,53)54)60-30(25(27)49)45-10-9-21(38)44-33(45)51/h2,5-10,14-15,18-20,24-27,30-31,48-49H,1,3-4,11-13H2,(H,43,47)(H,55,56)(H2,38,44,51)(H2,39,40,41)(H2,52,53,54)/t18-,19+,20+,24+,25+,26+,27+,30+,31+/m0/s1. The molecule has 348 valence electrons. The van der Waals surface area contributed by atoms with E-state index in [4.69, 9.17) is 34.7 Å². The second kappa shape index (κ2) is 19.5. The summed E-state index contributed by atoms with van der Waals surface area (Å²) in [7, 11) is -10.7. The van der Waals surface area contributed by atoms with Crippen molar-refractivity contribution in [1.82, 2.24) is 34.4 Å². The van der Waals surface area contributed by atoms with Gasteiger partial charge in [0.2, 0.25) is 5.91 Å². The maximum Gasteiger partial charge on any atom is 0.472 e. The number of hydrogen-bond acceptors (Lipinski definition) is 19. The van der Waals surface area contributed by atoms with Crippen molar-refractivity contribution in [2.45, 2.75) is 80.6 Å². The number of aliphatic hydroxyl groups is 2. The quantitative estimate of drug-likeness (QED) is 0.0370. The number of nitrogens with one attached hydrogen (secondary N) is 1. The molecule has 6 rings (SSSR count). The molecule has 0 radical (unpaired) electrons. The molecule has 3 aromatic heterocycles. The van der Waals surface area contributed by atoms with Gasteiger partial charge >= 0.3 is 33.5 Å². The minimum atomic E-state index is -5.50. The molecule has 0 aliphatic carbocycles. The fourth-order valence-corrected chi connectivity index (χ4v) is 7.92. The third-order valence-corrected chi connectivity index (χ3v) is 11.1. The first-order valence-electron chi connectivity index (χ1n) is 18.6. The number of nitrogens with zero attached hydrogens (tertiary/aromatic N) is 6. The maximum absolute atomic E-state index is 13.9. The molecule has 25 nitrogen and oxygen atoms in total. The first kappa shape index (κ1) is 48.2. The number of imidazole rings is 1. The van der Waals surface area contributed by atoms with Crippen LogP contribution < -0.4 is 22.5 Å². The van der Waals surface area contributed by atoms with E-state index >= 15 is 0 Å². The number of carbonyl (C=O) groups excluding carboxylic acids is 2. The first-order chi connectivity index (χ1) is 30.0. The molecule has 0 bridgehead atoms. The molecule has 1 amide bonds. The number of fused-ring (bicyclic) bond motifs is 1. The van der Waals surface area contributed by atoms with Crippen molar-refractivity contribution in [2.75, 3.05) is 24.7 Å². The molecule has 2 saturated heterocycles. The van der Waals surface area contributed by atoms with E-state index in [0.717, 1.165) is 53.8 Å². The predicted molar refractivity (Wildman–Crippen MR) is 208 cm³/mol. The van der Waals surface area contributed by atoms with Gasteiger partial charge in [-0.3, -0.25) is 27.5 Å². The van der Waals surface area contributed by atoms with Crippen LogP contribution in [0.25, 0.3) is 11.2 Å². The molecule has 4 aromatic rings. The van der Waals surface area contributed by atoms with Crippen LogP contribution >= 0.6 is 15.6 Å². The number of phosphoric ester groups is 2. The van der Waals surface area contributed by atoms with Crippen molar-refractivity contribution in [2.24, 2.45) is 0 Å². The van der Waals surface area contributed by atoms with E-state index in [2.05, 4.69) is 36.4 Å². The number of nitrogens with two attached hydrogens (primary N) is 2. The maximum atomic E-state index is 13.9. The largest absolute Gasteiger partial charge is 0.472 e. The lowest BCUT2D eigenvalue weighted by atomic mass is 10.0. The number of nitrogen functional groups attached to an aromatic ring is 2. The highest BCUT2D eigenvalue weighted by Crippen LogP contribution is 2.50. The third kappa shape index (κ3) is 11.5. The Bertz CT molecular complexity index is 2490. The van der Waals surface area contributed by atoms with E-state index in [1.807, 2.05) is 0 Å². The highest BCUT2D eigenvalue weighted by Gasteiger charge is 2.52. The van der Waals surface area contributed by atoms with Gasteiger partial charge in [0, 0.05) is 19.0 Å². The van der Waals surface area contributed by atoms with Crippen LogP contribution in [-0.2, 0) is 59.1 Å². The van der Waals surface area contributed by atoms with Crippen LogP contribution in [0, 0.1) is 0 Å². The Morgan fingerprint density at radius 2 is 1.59 bits per heavy atom. The molecular formula is C34H40F3N9O16P2. The molecule has 0 saturated carbocycles. The summed E-state index contributed by atoms with van der Waals surface area (Å²) in [6.07, 6.45) is -15.0. The van der Waals surface area contributed by atoms with Crippen molar-refractivity contribution < 1.29 is 84.6 Å². The van der Waals surface area contributed by atoms with Crippen LogP contribution in [0.15, 0.2) is 66.6 Å². The number of anilines is 2. The summed E-state index contributed by atoms with van der Waals surface area (Å²) < 4.78 is 98.9. The summed E-state index contributed by atoms with van der Waals surface area (Å²) >= 11 is 0. The molecular weight excluding hydrogens is 909 g/mol. The minimum Gasteiger partial charge on any atom is -0.455 e. The number of halogens is 3. The molecule has 30 heteroatoms. The predicted octanol–water partition coefficient (Wildman–Crippen LogP) is 0.00000000000000133. The lowest BCUT2D eigenvalue weighted by molar-refractivity contribution is -0.160. The number of benzene rings is 1. The number of rotatable bonds is 18. The van der Waals surface area contributed by atoms with Crippen LogP contribution in [-0.4, -0.2) is 122 Å².